The van der Waals surface area contributed by atoms with E-state index in [9.17, 15) is 5.11 Å². The molecule has 0 saturated carbocycles. The molecule has 18 heavy (non-hydrogen) atoms. The van der Waals surface area contributed by atoms with Gasteiger partial charge in [0, 0.05) is 6.04 Å². The molecule has 3 atom stereocenters. The summed E-state index contributed by atoms with van der Waals surface area (Å²) in [7, 11) is 0. The molecule has 1 fully saturated rings. The number of nitrogens with zero attached hydrogens (tertiary/aromatic N) is 1. The number of piperidine rings is 1. The third-order valence-electron chi connectivity index (χ3n) is 3.67. The third kappa shape index (κ3) is 3.32. The lowest BCUT2D eigenvalue weighted by atomic mass is 9.89. The van der Waals surface area contributed by atoms with Gasteiger partial charge in [-0.1, -0.05) is 19.1 Å². The molecule has 1 aliphatic heterocycles. The van der Waals surface area contributed by atoms with Crippen LogP contribution in [0.4, 0.5) is 0 Å². The molecule has 96 valence electrons. The molecule has 0 amide bonds. The van der Waals surface area contributed by atoms with Crippen molar-refractivity contribution >= 4 is 0 Å². The molecule has 0 radical (unpaired) electrons. The Morgan fingerprint density at radius 2 is 2.39 bits per heavy atom. The lowest BCUT2D eigenvalue weighted by Crippen LogP contribution is -2.38. The summed E-state index contributed by atoms with van der Waals surface area (Å²) in [6.45, 7) is 3.30. The van der Waals surface area contributed by atoms with Crippen LogP contribution in [-0.4, -0.2) is 17.7 Å². The molecule has 0 aliphatic carbocycles. The molecular formula is C15H20N2O. The molecular weight excluding hydrogens is 224 g/mol. The van der Waals surface area contributed by atoms with Crippen molar-refractivity contribution in [2.75, 3.05) is 6.54 Å². The Bertz CT molecular complexity index is 438. The predicted molar refractivity (Wildman–Crippen MR) is 70.9 cm³/mol. The fraction of sp³-hybridized carbons (Fsp3) is 0.533. The minimum Gasteiger partial charge on any atom is -0.388 e. The zero-order valence-corrected chi connectivity index (χ0v) is 10.8. The van der Waals surface area contributed by atoms with E-state index < -0.39 is 6.10 Å². The van der Waals surface area contributed by atoms with Gasteiger partial charge in [-0.25, -0.2) is 0 Å². The lowest BCUT2D eigenvalue weighted by Gasteiger charge is -2.29. The highest BCUT2D eigenvalue weighted by Gasteiger charge is 2.21. The predicted octanol–water partition coefficient (Wildman–Crippen LogP) is 2.37. The largest absolute Gasteiger partial charge is 0.388 e. The van der Waals surface area contributed by atoms with Crippen molar-refractivity contribution in [3.8, 4) is 6.07 Å². The number of benzene rings is 1. The quantitative estimate of drug-likeness (QED) is 0.858. The monoisotopic (exact) mass is 244 g/mol. The first-order valence-electron chi connectivity index (χ1n) is 6.60. The highest BCUT2D eigenvalue weighted by atomic mass is 16.3. The molecule has 2 N–H and O–H groups in total. The second-order valence-corrected chi connectivity index (χ2v) is 5.27. The minimum atomic E-state index is -0.485. The Labute approximate surface area is 108 Å². The molecule has 3 nitrogen and oxygen atoms in total. The van der Waals surface area contributed by atoms with Crippen LogP contribution in [0.5, 0.6) is 0 Å². The van der Waals surface area contributed by atoms with Crippen molar-refractivity contribution in [1.29, 1.82) is 5.26 Å². The van der Waals surface area contributed by atoms with Crippen LogP contribution in [-0.2, 0) is 0 Å². The van der Waals surface area contributed by atoms with Gasteiger partial charge >= 0.3 is 0 Å². The van der Waals surface area contributed by atoms with Crippen molar-refractivity contribution in [2.24, 2.45) is 5.92 Å². The first-order valence-corrected chi connectivity index (χ1v) is 6.60. The smallest absolute Gasteiger partial charge is 0.0991 e. The lowest BCUT2D eigenvalue weighted by molar-refractivity contribution is 0.138. The van der Waals surface area contributed by atoms with E-state index in [2.05, 4.69) is 18.3 Å². The van der Waals surface area contributed by atoms with Crippen molar-refractivity contribution in [2.45, 2.75) is 38.3 Å². The van der Waals surface area contributed by atoms with Crippen LogP contribution in [0.25, 0.3) is 0 Å². The highest BCUT2D eigenvalue weighted by Crippen LogP contribution is 2.24. The zero-order valence-electron chi connectivity index (χ0n) is 10.8. The van der Waals surface area contributed by atoms with E-state index in [4.69, 9.17) is 5.26 Å². The molecule has 0 aromatic heterocycles. The van der Waals surface area contributed by atoms with E-state index in [0.29, 0.717) is 11.6 Å². The van der Waals surface area contributed by atoms with Gasteiger partial charge < -0.3 is 10.4 Å². The summed E-state index contributed by atoms with van der Waals surface area (Å²) >= 11 is 0. The first kappa shape index (κ1) is 13.1. The Morgan fingerprint density at radius 3 is 3.11 bits per heavy atom. The van der Waals surface area contributed by atoms with Crippen LogP contribution in [0.1, 0.15) is 43.4 Å². The zero-order chi connectivity index (χ0) is 13.0. The van der Waals surface area contributed by atoms with Gasteiger partial charge in [0.15, 0.2) is 0 Å². The molecule has 3 heteroatoms. The topological polar surface area (TPSA) is 56.0 Å². The van der Waals surface area contributed by atoms with Gasteiger partial charge in [-0.3, -0.25) is 0 Å². The fourth-order valence-electron chi connectivity index (χ4n) is 2.62. The van der Waals surface area contributed by atoms with Crippen molar-refractivity contribution in [1.82, 2.24) is 5.32 Å². The van der Waals surface area contributed by atoms with E-state index in [1.807, 2.05) is 12.1 Å². The number of aliphatic hydroxyl groups is 1. The Kier molecular flexibility index (Phi) is 4.35. The number of hydrogen-bond acceptors (Lipinski definition) is 3. The second-order valence-electron chi connectivity index (χ2n) is 5.27. The standard InChI is InChI=1S/C15H20N2O/c1-11-5-6-17-14(7-11)9-15(18)13-4-2-3-12(8-13)10-16/h2-4,8,11,14-15,17-18H,5-7,9H2,1H3. The molecule has 1 aliphatic rings. The molecule has 2 rings (SSSR count). The van der Waals surface area contributed by atoms with Gasteiger partial charge in [0.25, 0.3) is 0 Å². The molecule has 1 saturated heterocycles. The van der Waals surface area contributed by atoms with Gasteiger partial charge in [0.05, 0.1) is 17.7 Å². The molecule has 0 bridgehead atoms. The summed E-state index contributed by atoms with van der Waals surface area (Å²) in [5.41, 5.74) is 1.45. The van der Waals surface area contributed by atoms with Crippen molar-refractivity contribution < 1.29 is 5.11 Å². The summed E-state index contributed by atoms with van der Waals surface area (Å²) in [6.07, 6.45) is 2.58. The normalized spacial score (nSPS) is 25.4. The SMILES string of the molecule is CC1CCNC(CC(O)c2cccc(C#N)c2)C1. The number of nitrogens with one attached hydrogen (secondary N) is 1. The Balaban J connectivity index is 1.98. The summed E-state index contributed by atoms with van der Waals surface area (Å²) in [4.78, 5) is 0. The van der Waals surface area contributed by atoms with Crippen LogP contribution < -0.4 is 5.32 Å². The number of hydrogen-bond donors (Lipinski definition) is 2. The second kappa shape index (κ2) is 5.99. The molecule has 0 spiro atoms. The van der Waals surface area contributed by atoms with E-state index in [0.717, 1.165) is 30.9 Å². The van der Waals surface area contributed by atoms with Crippen molar-refractivity contribution in [3.05, 3.63) is 35.4 Å². The number of aliphatic hydroxyl groups excluding tert-OH is 1. The van der Waals surface area contributed by atoms with Gasteiger partial charge in [0.1, 0.15) is 0 Å². The fourth-order valence-corrected chi connectivity index (χ4v) is 2.62. The van der Waals surface area contributed by atoms with Gasteiger partial charge in [-0.05, 0) is 49.4 Å². The van der Waals surface area contributed by atoms with Crippen LogP contribution in [0, 0.1) is 17.2 Å². The maximum absolute atomic E-state index is 10.2. The number of rotatable bonds is 3. The molecule has 3 unspecified atom stereocenters. The number of nitriles is 1. The average Bonchev–Trinajstić information content (AvgIpc) is 2.39. The van der Waals surface area contributed by atoms with Crippen molar-refractivity contribution in [3.63, 3.8) is 0 Å². The Morgan fingerprint density at radius 1 is 1.56 bits per heavy atom. The first-order chi connectivity index (χ1) is 8.69. The Hall–Kier alpha value is -1.37. The van der Waals surface area contributed by atoms with E-state index >= 15 is 0 Å². The average molecular weight is 244 g/mol. The molecule has 1 aromatic rings. The maximum Gasteiger partial charge on any atom is 0.0991 e. The minimum absolute atomic E-state index is 0.384. The van der Waals surface area contributed by atoms with Gasteiger partial charge in [0.2, 0.25) is 0 Å². The van der Waals surface area contributed by atoms with Crippen LogP contribution >= 0.6 is 0 Å². The van der Waals surface area contributed by atoms with E-state index in [-0.39, 0.29) is 0 Å². The van der Waals surface area contributed by atoms with Crippen LogP contribution in [0.15, 0.2) is 24.3 Å². The van der Waals surface area contributed by atoms with Gasteiger partial charge in [-0.2, -0.15) is 5.26 Å². The highest BCUT2D eigenvalue weighted by molar-refractivity contribution is 5.33. The maximum atomic E-state index is 10.2. The summed E-state index contributed by atoms with van der Waals surface area (Å²) in [6, 6.07) is 9.74. The van der Waals surface area contributed by atoms with Crippen LogP contribution in [0.3, 0.4) is 0 Å². The summed E-state index contributed by atoms with van der Waals surface area (Å²) in [5.74, 6) is 0.730. The van der Waals surface area contributed by atoms with Crippen LogP contribution in [0.2, 0.25) is 0 Å². The molecule has 1 aromatic carbocycles. The summed E-state index contributed by atoms with van der Waals surface area (Å²) in [5, 5.41) is 22.5. The summed E-state index contributed by atoms with van der Waals surface area (Å²) < 4.78 is 0. The van der Waals surface area contributed by atoms with Gasteiger partial charge in [-0.15, -0.1) is 0 Å². The molecule has 1 heterocycles. The van der Waals surface area contributed by atoms with E-state index in [1.54, 1.807) is 12.1 Å². The third-order valence-corrected chi connectivity index (χ3v) is 3.67. The van der Waals surface area contributed by atoms with E-state index in [1.165, 1.54) is 6.42 Å².